The number of para-hydroxylation sites is 2. The van der Waals surface area contributed by atoms with E-state index in [9.17, 15) is 13.2 Å². The van der Waals surface area contributed by atoms with Gasteiger partial charge in [0.05, 0.1) is 6.26 Å². The van der Waals surface area contributed by atoms with E-state index in [1.54, 1.807) is 24.3 Å². The Morgan fingerprint density at radius 3 is 1.88 bits per heavy atom. The van der Waals surface area contributed by atoms with Gasteiger partial charge in [-0.05, 0) is 37.1 Å². The summed E-state index contributed by atoms with van der Waals surface area (Å²) in [6.07, 6.45) is 0.0325. The van der Waals surface area contributed by atoms with Crippen molar-refractivity contribution in [3.8, 4) is 11.8 Å². The van der Waals surface area contributed by atoms with Crippen molar-refractivity contribution in [1.82, 2.24) is 0 Å². The first-order valence-electron chi connectivity index (χ1n) is 7.21. The molecule has 2 rings (SSSR count). The molecule has 0 radical (unpaired) electrons. The third-order valence-electron chi connectivity index (χ3n) is 2.93. The highest BCUT2D eigenvalue weighted by Gasteiger charge is 2.16. The van der Waals surface area contributed by atoms with E-state index in [0.29, 0.717) is 11.4 Å². The Hall–Kier alpha value is -2.62. The summed E-state index contributed by atoms with van der Waals surface area (Å²) in [4.78, 5) is 14.0. The molecule has 24 heavy (non-hydrogen) atoms. The maximum atomic E-state index is 12.6. The smallest absolute Gasteiger partial charge is 0.270 e. The van der Waals surface area contributed by atoms with Gasteiger partial charge >= 0.3 is 5.91 Å². The van der Waals surface area contributed by atoms with Crippen LogP contribution in [0.1, 0.15) is 6.92 Å². The number of carbonyl (C=O) groups excluding carboxylic acids is 1. The quantitative estimate of drug-likeness (QED) is 0.632. The van der Waals surface area contributed by atoms with Gasteiger partial charge in [-0.3, -0.25) is 13.9 Å². The van der Waals surface area contributed by atoms with E-state index in [-0.39, 0.29) is 0 Å². The molecule has 0 saturated heterocycles. The Labute approximate surface area is 142 Å². The number of rotatable bonds is 4. The minimum Gasteiger partial charge on any atom is -0.270 e. The predicted molar refractivity (Wildman–Crippen MR) is 93.2 cm³/mol. The second kappa shape index (κ2) is 7.77. The lowest BCUT2D eigenvalue weighted by Gasteiger charge is -2.20. The summed E-state index contributed by atoms with van der Waals surface area (Å²) in [5.74, 6) is 4.49. The monoisotopic (exact) mass is 343 g/mol. The average Bonchev–Trinajstić information content (AvgIpc) is 2.54. The van der Waals surface area contributed by atoms with Gasteiger partial charge < -0.3 is 0 Å². The second-order valence-electron chi connectivity index (χ2n) is 5.02. The molecule has 0 fully saturated rings. The van der Waals surface area contributed by atoms with Crippen molar-refractivity contribution in [2.75, 3.05) is 11.2 Å². The molecular weight excluding hydrogens is 326 g/mol. The molecule has 0 aromatic heterocycles. The van der Waals surface area contributed by atoms with Crippen LogP contribution < -0.4 is 4.90 Å². The summed E-state index contributed by atoms with van der Waals surface area (Å²) in [5, 5.41) is 0. The largest absolute Gasteiger partial charge is 0.307 e. The van der Waals surface area contributed by atoms with Crippen molar-refractivity contribution in [3.63, 3.8) is 0 Å². The van der Waals surface area contributed by atoms with Crippen molar-refractivity contribution in [3.05, 3.63) is 60.7 Å². The molecule has 1 atom stereocenters. The first-order chi connectivity index (χ1) is 11.4. The molecule has 124 valence electrons. The van der Waals surface area contributed by atoms with Gasteiger partial charge in [-0.15, -0.1) is 0 Å². The van der Waals surface area contributed by atoms with Gasteiger partial charge in [-0.25, -0.2) is 0 Å². The van der Waals surface area contributed by atoms with Gasteiger partial charge in [-0.1, -0.05) is 42.3 Å². The first-order valence-corrected chi connectivity index (χ1v) is 9.02. The summed E-state index contributed by atoms with van der Waals surface area (Å²) in [7, 11) is -3.62. The lowest BCUT2D eigenvalue weighted by molar-refractivity contribution is -0.112. The molecule has 0 aliphatic rings. The van der Waals surface area contributed by atoms with E-state index in [0.717, 1.165) is 6.26 Å². The summed E-state index contributed by atoms with van der Waals surface area (Å²) in [6.45, 7) is 1.47. The number of hydrogen-bond acceptors (Lipinski definition) is 4. The molecular formula is C18H17NO4S. The van der Waals surface area contributed by atoms with Crippen molar-refractivity contribution < 1.29 is 17.4 Å². The highest BCUT2D eigenvalue weighted by atomic mass is 32.2. The van der Waals surface area contributed by atoms with E-state index < -0.39 is 22.1 Å². The van der Waals surface area contributed by atoms with Gasteiger partial charge in [0.15, 0.2) is 0 Å². The molecule has 0 unspecified atom stereocenters. The zero-order valence-electron chi connectivity index (χ0n) is 13.3. The molecule has 0 aliphatic carbocycles. The van der Waals surface area contributed by atoms with Crippen LogP contribution in [-0.2, 0) is 19.1 Å². The van der Waals surface area contributed by atoms with Crippen LogP contribution in [-0.4, -0.2) is 26.7 Å². The molecule has 0 aliphatic heterocycles. The van der Waals surface area contributed by atoms with Crippen LogP contribution in [0.5, 0.6) is 0 Å². The summed E-state index contributed by atoms with van der Waals surface area (Å²) in [5.41, 5.74) is 1.33. The van der Waals surface area contributed by atoms with Gasteiger partial charge in [0.2, 0.25) is 0 Å². The van der Waals surface area contributed by atoms with Crippen LogP contribution >= 0.6 is 0 Å². The maximum absolute atomic E-state index is 12.6. The standard InChI is InChI=1S/C18H17NO4S/c1-15(23-24(2,21)22)13-14-18(20)19(16-9-5-3-6-10-16)17-11-7-4-8-12-17/h3-12,15H,1-2H3/t15-/m1/s1. The van der Waals surface area contributed by atoms with Gasteiger partial charge in [0, 0.05) is 11.4 Å². The number of amides is 1. The number of benzene rings is 2. The van der Waals surface area contributed by atoms with Gasteiger partial charge in [0.1, 0.15) is 6.10 Å². The van der Waals surface area contributed by atoms with Crippen LogP contribution in [0.4, 0.5) is 11.4 Å². The highest BCUT2D eigenvalue weighted by molar-refractivity contribution is 7.86. The Bertz CT molecular complexity index is 813. The first kappa shape index (κ1) is 17.7. The molecule has 6 heteroatoms. The number of carbonyl (C=O) groups is 1. The third kappa shape index (κ3) is 5.23. The topological polar surface area (TPSA) is 63.7 Å². The Kier molecular flexibility index (Phi) is 5.74. The average molecular weight is 343 g/mol. The highest BCUT2D eigenvalue weighted by Crippen LogP contribution is 2.24. The van der Waals surface area contributed by atoms with Crippen LogP contribution in [0.25, 0.3) is 0 Å². The molecule has 0 heterocycles. The minimum atomic E-state index is -3.62. The normalized spacial score (nSPS) is 11.9. The third-order valence-corrected chi connectivity index (χ3v) is 3.57. The van der Waals surface area contributed by atoms with Gasteiger partial charge in [0.25, 0.3) is 10.1 Å². The fraction of sp³-hybridized carbons (Fsp3) is 0.167. The fourth-order valence-electron chi connectivity index (χ4n) is 2.04. The van der Waals surface area contributed by atoms with E-state index >= 15 is 0 Å². The molecule has 2 aromatic rings. The molecule has 2 aromatic carbocycles. The molecule has 5 nitrogen and oxygen atoms in total. The van der Waals surface area contributed by atoms with Crippen molar-refractivity contribution in [1.29, 1.82) is 0 Å². The van der Waals surface area contributed by atoms with E-state index in [1.807, 2.05) is 36.4 Å². The molecule has 0 saturated carbocycles. The van der Waals surface area contributed by atoms with Crippen molar-refractivity contribution in [2.45, 2.75) is 13.0 Å². The minimum absolute atomic E-state index is 0.476. The number of anilines is 2. The molecule has 1 amide bonds. The Morgan fingerprint density at radius 2 is 1.46 bits per heavy atom. The molecule has 0 spiro atoms. The van der Waals surface area contributed by atoms with Gasteiger partial charge in [-0.2, -0.15) is 8.42 Å². The predicted octanol–water partition coefficient (Wildman–Crippen LogP) is 2.72. The van der Waals surface area contributed by atoms with Crippen LogP contribution in [0.2, 0.25) is 0 Å². The fourth-order valence-corrected chi connectivity index (χ4v) is 2.62. The SMILES string of the molecule is C[C@H](C#CC(=O)N(c1ccccc1)c1ccccc1)OS(C)(=O)=O. The number of hydrogen-bond donors (Lipinski definition) is 0. The number of nitrogens with zero attached hydrogens (tertiary/aromatic N) is 1. The van der Waals surface area contributed by atoms with Crippen molar-refractivity contribution >= 4 is 27.4 Å². The zero-order valence-corrected chi connectivity index (χ0v) is 14.2. The van der Waals surface area contributed by atoms with E-state index in [4.69, 9.17) is 4.18 Å². The van der Waals surface area contributed by atoms with E-state index in [2.05, 4.69) is 11.8 Å². The lowest BCUT2D eigenvalue weighted by Crippen LogP contribution is -2.24. The zero-order chi connectivity index (χ0) is 17.6. The van der Waals surface area contributed by atoms with Crippen LogP contribution in [0.3, 0.4) is 0 Å². The van der Waals surface area contributed by atoms with E-state index in [1.165, 1.54) is 11.8 Å². The Balaban J connectivity index is 2.31. The van der Waals surface area contributed by atoms with Crippen LogP contribution in [0.15, 0.2) is 60.7 Å². The summed E-state index contributed by atoms with van der Waals surface area (Å²) < 4.78 is 26.9. The molecule has 0 bridgehead atoms. The summed E-state index contributed by atoms with van der Waals surface area (Å²) in [6, 6.07) is 18.2. The maximum Gasteiger partial charge on any atom is 0.307 e. The second-order valence-corrected chi connectivity index (χ2v) is 6.62. The molecule has 0 N–H and O–H groups in total. The summed E-state index contributed by atoms with van der Waals surface area (Å²) >= 11 is 0. The van der Waals surface area contributed by atoms with Crippen molar-refractivity contribution in [2.24, 2.45) is 0 Å². The van der Waals surface area contributed by atoms with Crippen LogP contribution in [0, 0.1) is 11.8 Å². The lowest BCUT2D eigenvalue weighted by atomic mass is 10.2. The Morgan fingerprint density at radius 1 is 1.00 bits per heavy atom.